The standard InChI is InChI=1S/C12H12S6/c1-2-14-5-6-16-9-10-18-12-11-17-8-7-15-4-3-13-1/h1-12H/b2-1-,4-3-,6-5-,8-7-,10-9-,12-11+. The molecule has 0 aromatic carbocycles. The van der Waals surface area contributed by atoms with Gasteiger partial charge >= 0.3 is 0 Å². The summed E-state index contributed by atoms with van der Waals surface area (Å²) in [7, 11) is 0. The third-order valence-electron chi connectivity index (χ3n) is 1.28. The molecule has 0 atom stereocenters. The summed E-state index contributed by atoms with van der Waals surface area (Å²) in [4.78, 5) is 0. The minimum Gasteiger partial charge on any atom is -0.105 e. The summed E-state index contributed by atoms with van der Waals surface area (Å²) in [6.07, 6.45) is 0. The largest absolute Gasteiger partial charge is 0.105 e. The Morgan fingerprint density at radius 1 is 0.222 bits per heavy atom. The highest BCUT2D eigenvalue weighted by molar-refractivity contribution is 8.12. The second-order valence-corrected chi connectivity index (χ2v) is 7.35. The molecular weight excluding hydrogens is 337 g/mol. The fraction of sp³-hybridized carbons (Fsp3) is 0. The van der Waals surface area contributed by atoms with Crippen LogP contribution in [-0.4, -0.2) is 0 Å². The summed E-state index contributed by atoms with van der Waals surface area (Å²) < 4.78 is 0. The molecule has 1 aliphatic rings. The monoisotopic (exact) mass is 348 g/mol. The van der Waals surface area contributed by atoms with E-state index in [4.69, 9.17) is 0 Å². The van der Waals surface area contributed by atoms with E-state index in [1.54, 1.807) is 70.6 Å². The average Bonchev–Trinajstić information content (AvgIpc) is 2.39. The van der Waals surface area contributed by atoms with Crippen LogP contribution in [0.5, 0.6) is 0 Å². The van der Waals surface area contributed by atoms with E-state index in [1.165, 1.54) is 0 Å². The number of thioether (sulfide) groups is 6. The molecule has 0 spiro atoms. The van der Waals surface area contributed by atoms with Gasteiger partial charge < -0.3 is 0 Å². The molecule has 0 nitrogen and oxygen atoms in total. The summed E-state index contributed by atoms with van der Waals surface area (Å²) in [6, 6.07) is 0. The average molecular weight is 349 g/mol. The highest BCUT2D eigenvalue weighted by Gasteiger charge is 1.78. The SMILES string of the molecule is C1=C\S/C=C\S/C=C\S/C=C/S/C=C\S/C=C\S/1. The van der Waals surface area contributed by atoms with Gasteiger partial charge in [-0.2, -0.15) is 0 Å². The molecule has 6 heteroatoms. The first-order valence-electron chi connectivity index (χ1n) is 4.83. The first-order chi connectivity index (χ1) is 9.00. The predicted octanol–water partition coefficient (Wildman–Crippen LogP) is 7.23. The Kier molecular flexibility index (Phi) is 12.9. The highest BCUT2D eigenvalue weighted by atomic mass is 32.2. The molecule has 0 unspecified atom stereocenters. The van der Waals surface area contributed by atoms with Crippen LogP contribution in [0.2, 0.25) is 0 Å². The second-order valence-electron chi connectivity index (χ2n) is 2.45. The molecule has 1 aliphatic heterocycles. The summed E-state index contributed by atoms with van der Waals surface area (Å²) >= 11 is 10.1. The third kappa shape index (κ3) is 11.6. The molecule has 0 radical (unpaired) electrons. The van der Waals surface area contributed by atoms with Crippen molar-refractivity contribution in [3.05, 3.63) is 64.9 Å². The Balaban J connectivity index is 2.40. The third-order valence-corrected chi connectivity index (χ3v) is 5.83. The van der Waals surface area contributed by atoms with E-state index in [2.05, 4.69) is 64.9 Å². The van der Waals surface area contributed by atoms with Gasteiger partial charge in [-0.1, -0.05) is 0 Å². The molecule has 0 bridgehead atoms. The molecule has 0 saturated heterocycles. The zero-order chi connectivity index (χ0) is 12.7. The Labute approximate surface area is 134 Å². The fourth-order valence-electron chi connectivity index (χ4n) is 0.657. The lowest BCUT2D eigenvalue weighted by Crippen LogP contribution is -1.49. The van der Waals surface area contributed by atoms with E-state index in [0.717, 1.165) is 0 Å². The van der Waals surface area contributed by atoms with Crippen LogP contribution in [0.4, 0.5) is 0 Å². The van der Waals surface area contributed by atoms with Gasteiger partial charge in [0.05, 0.1) is 0 Å². The highest BCUT2D eigenvalue weighted by Crippen LogP contribution is 2.19. The molecule has 1 rings (SSSR count). The number of hydrogen-bond donors (Lipinski definition) is 0. The van der Waals surface area contributed by atoms with Crippen molar-refractivity contribution >= 4 is 70.6 Å². The van der Waals surface area contributed by atoms with Crippen molar-refractivity contribution in [3.63, 3.8) is 0 Å². The Bertz CT molecular complexity index is 248. The van der Waals surface area contributed by atoms with Crippen molar-refractivity contribution in [1.29, 1.82) is 0 Å². The summed E-state index contributed by atoms with van der Waals surface area (Å²) in [5.74, 6) is 0. The lowest BCUT2D eigenvalue weighted by atomic mass is 11.2. The smallest absolute Gasteiger partial charge is 0.0181 e. The van der Waals surface area contributed by atoms with Gasteiger partial charge in [-0.15, -0.1) is 70.6 Å². The molecule has 1 heterocycles. The van der Waals surface area contributed by atoms with Crippen molar-refractivity contribution in [2.24, 2.45) is 0 Å². The van der Waals surface area contributed by atoms with E-state index in [9.17, 15) is 0 Å². The molecule has 0 aromatic heterocycles. The molecule has 0 fully saturated rings. The van der Waals surface area contributed by atoms with Gasteiger partial charge in [0.25, 0.3) is 0 Å². The molecule has 0 aliphatic carbocycles. The van der Waals surface area contributed by atoms with Crippen molar-refractivity contribution in [3.8, 4) is 0 Å². The zero-order valence-electron chi connectivity index (χ0n) is 9.38. The minimum atomic E-state index is 1.68. The Morgan fingerprint density at radius 3 is 0.444 bits per heavy atom. The van der Waals surface area contributed by atoms with Gasteiger partial charge in [-0.3, -0.25) is 0 Å². The first kappa shape index (κ1) is 16.6. The van der Waals surface area contributed by atoms with Crippen molar-refractivity contribution < 1.29 is 0 Å². The lowest BCUT2D eigenvalue weighted by Gasteiger charge is -1.86. The van der Waals surface area contributed by atoms with Crippen LogP contribution >= 0.6 is 70.6 Å². The van der Waals surface area contributed by atoms with Gasteiger partial charge in [0, 0.05) is 0 Å². The van der Waals surface area contributed by atoms with Crippen molar-refractivity contribution in [1.82, 2.24) is 0 Å². The van der Waals surface area contributed by atoms with Gasteiger partial charge in [0.15, 0.2) is 0 Å². The summed E-state index contributed by atoms with van der Waals surface area (Å²) in [5.41, 5.74) is 0. The van der Waals surface area contributed by atoms with Crippen LogP contribution in [0, 0.1) is 0 Å². The van der Waals surface area contributed by atoms with E-state index < -0.39 is 0 Å². The van der Waals surface area contributed by atoms with Crippen LogP contribution < -0.4 is 0 Å². The van der Waals surface area contributed by atoms with Crippen LogP contribution in [-0.2, 0) is 0 Å². The predicted molar refractivity (Wildman–Crippen MR) is 100 cm³/mol. The quantitative estimate of drug-likeness (QED) is 0.449. The summed E-state index contributed by atoms with van der Waals surface area (Å²) in [6.45, 7) is 0. The molecule has 0 aromatic rings. The van der Waals surface area contributed by atoms with E-state index in [-0.39, 0.29) is 0 Å². The van der Waals surface area contributed by atoms with E-state index in [1.807, 2.05) is 0 Å². The zero-order valence-corrected chi connectivity index (χ0v) is 14.3. The van der Waals surface area contributed by atoms with Gasteiger partial charge in [0.1, 0.15) is 0 Å². The molecule has 96 valence electrons. The van der Waals surface area contributed by atoms with Gasteiger partial charge in [-0.25, -0.2) is 0 Å². The summed E-state index contributed by atoms with van der Waals surface area (Å²) in [5, 5.41) is 24.9. The number of rotatable bonds is 0. The molecule has 18 heavy (non-hydrogen) atoms. The molecule has 0 saturated carbocycles. The van der Waals surface area contributed by atoms with Crippen molar-refractivity contribution in [2.45, 2.75) is 0 Å². The second kappa shape index (κ2) is 14.0. The van der Waals surface area contributed by atoms with Crippen molar-refractivity contribution in [2.75, 3.05) is 0 Å². The topological polar surface area (TPSA) is 0 Å². The Morgan fingerprint density at radius 2 is 0.333 bits per heavy atom. The lowest BCUT2D eigenvalue weighted by molar-refractivity contribution is 2.42. The normalized spacial score (nSPS) is 29.3. The molecule has 0 amide bonds. The fourth-order valence-corrected chi connectivity index (χ4v) is 4.28. The first-order valence-corrected chi connectivity index (χ1v) is 10.5. The molecular formula is C12H12S6. The van der Waals surface area contributed by atoms with Crippen LogP contribution in [0.15, 0.2) is 64.9 Å². The van der Waals surface area contributed by atoms with Crippen LogP contribution in [0.1, 0.15) is 0 Å². The number of hydrogen-bond acceptors (Lipinski definition) is 6. The minimum absolute atomic E-state index is 1.68. The van der Waals surface area contributed by atoms with Crippen LogP contribution in [0.3, 0.4) is 0 Å². The van der Waals surface area contributed by atoms with E-state index >= 15 is 0 Å². The Hall–Kier alpha value is 0.540. The van der Waals surface area contributed by atoms with Gasteiger partial charge in [0.2, 0.25) is 0 Å². The van der Waals surface area contributed by atoms with Gasteiger partial charge in [-0.05, 0) is 64.9 Å². The maximum Gasteiger partial charge on any atom is -0.0181 e. The van der Waals surface area contributed by atoms with E-state index in [0.29, 0.717) is 0 Å². The molecule has 0 N–H and O–H groups in total. The maximum atomic E-state index is 2.08. The van der Waals surface area contributed by atoms with Crippen LogP contribution in [0.25, 0.3) is 0 Å². The maximum absolute atomic E-state index is 2.08.